The third kappa shape index (κ3) is 3.33. The minimum Gasteiger partial charge on any atom is -0.338 e. The molecule has 3 rings (SSSR count). The van der Waals surface area contributed by atoms with Crippen LogP contribution in [0, 0.1) is 5.82 Å². The molecule has 4 nitrogen and oxygen atoms in total. The first kappa shape index (κ1) is 16.6. The normalized spacial score (nSPS) is 19.2. The van der Waals surface area contributed by atoms with E-state index in [0.717, 1.165) is 11.1 Å². The van der Waals surface area contributed by atoms with E-state index in [1.165, 1.54) is 24.1 Å². The van der Waals surface area contributed by atoms with Gasteiger partial charge in [0.2, 0.25) is 0 Å². The number of sulfone groups is 1. The first-order valence-electron chi connectivity index (χ1n) is 7.70. The van der Waals surface area contributed by atoms with Crippen molar-refractivity contribution in [2.24, 2.45) is 0 Å². The average molecular weight is 347 g/mol. The Morgan fingerprint density at radius 3 is 2.46 bits per heavy atom. The van der Waals surface area contributed by atoms with Gasteiger partial charge in [-0.1, -0.05) is 36.4 Å². The second-order valence-electron chi connectivity index (χ2n) is 6.03. The Hall–Kier alpha value is -2.21. The number of benzene rings is 2. The number of hydrogen-bond donors (Lipinski definition) is 0. The van der Waals surface area contributed by atoms with Crippen molar-refractivity contribution < 1.29 is 17.6 Å². The lowest BCUT2D eigenvalue weighted by Crippen LogP contribution is -2.38. The first-order chi connectivity index (χ1) is 11.4. The van der Waals surface area contributed by atoms with Crippen molar-refractivity contribution in [2.75, 3.05) is 18.6 Å². The fraction of sp³-hybridized carbons (Fsp3) is 0.278. The molecule has 0 radical (unpaired) electrons. The van der Waals surface area contributed by atoms with Gasteiger partial charge in [0.1, 0.15) is 5.82 Å². The standard InChI is InChI=1S/C18H18FNO3S/c1-20(15-9-10-24(22,23)12-15)18(21)16-11-14(7-8-17(16)19)13-5-3-2-4-6-13/h2-8,11,15H,9-10,12H2,1H3. The molecule has 0 bridgehead atoms. The lowest BCUT2D eigenvalue weighted by molar-refractivity contribution is 0.0743. The molecule has 1 aliphatic heterocycles. The van der Waals surface area contributed by atoms with Crippen molar-refractivity contribution >= 4 is 15.7 Å². The molecule has 0 saturated carbocycles. The van der Waals surface area contributed by atoms with Gasteiger partial charge in [0, 0.05) is 13.1 Å². The molecule has 126 valence electrons. The van der Waals surface area contributed by atoms with E-state index >= 15 is 0 Å². The van der Waals surface area contributed by atoms with E-state index in [1.54, 1.807) is 6.07 Å². The summed E-state index contributed by atoms with van der Waals surface area (Å²) < 4.78 is 37.4. The molecule has 2 aromatic rings. The van der Waals surface area contributed by atoms with Gasteiger partial charge >= 0.3 is 0 Å². The van der Waals surface area contributed by atoms with Crippen molar-refractivity contribution in [1.29, 1.82) is 0 Å². The highest BCUT2D eigenvalue weighted by Gasteiger charge is 2.33. The molecule has 1 atom stereocenters. The molecule has 1 unspecified atom stereocenters. The van der Waals surface area contributed by atoms with Gasteiger partial charge in [-0.05, 0) is 29.7 Å². The number of amides is 1. The number of hydrogen-bond acceptors (Lipinski definition) is 3. The molecule has 0 aliphatic carbocycles. The zero-order chi connectivity index (χ0) is 17.3. The average Bonchev–Trinajstić information content (AvgIpc) is 2.95. The van der Waals surface area contributed by atoms with Gasteiger partial charge in [-0.3, -0.25) is 4.79 Å². The molecule has 2 aromatic carbocycles. The van der Waals surface area contributed by atoms with Crippen LogP contribution in [0.15, 0.2) is 48.5 Å². The highest BCUT2D eigenvalue weighted by Crippen LogP contribution is 2.24. The minimum absolute atomic E-state index is 0.0387. The van der Waals surface area contributed by atoms with Gasteiger partial charge in [0.05, 0.1) is 17.1 Å². The predicted molar refractivity (Wildman–Crippen MR) is 91.0 cm³/mol. The maximum atomic E-state index is 14.2. The smallest absolute Gasteiger partial charge is 0.256 e. The minimum atomic E-state index is -3.11. The van der Waals surface area contributed by atoms with E-state index in [1.807, 2.05) is 30.3 Å². The van der Waals surface area contributed by atoms with Gasteiger partial charge in [-0.25, -0.2) is 12.8 Å². The number of nitrogens with zero attached hydrogens (tertiary/aromatic N) is 1. The quantitative estimate of drug-likeness (QED) is 0.858. The maximum Gasteiger partial charge on any atom is 0.256 e. The van der Waals surface area contributed by atoms with Gasteiger partial charge in [0.25, 0.3) is 5.91 Å². The summed E-state index contributed by atoms with van der Waals surface area (Å²) in [7, 11) is -1.57. The lowest BCUT2D eigenvalue weighted by Gasteiger charge is -2.24. The van der Waals surface area contributed by atoms with Crippen molar-refractivity contribution in [1.82, 2.24) is 4.90 Å². The fourth-order valence-electron chi connectivity index (χ4n) is 2.94. The highest BCUT2D eigenvalue weighted by atomic mass is 32.2. The Kier molecular flexibility index (Phi) is 4.41. The molecule has 6 heteroatoms. The number of rotatable bonds is 3. The van der Waals surface area contributed by atoms with Gasteiger partial charge in [-0.15, -0.1) is 0 Å². The summed E-state index contributed by atoms with van der Waals surface area (Å²) in [4.78, 5) is 14.0. The van der Waals surface area contributed by atoms with Crippen LogP contribution in [0.25, 0.3) is 11.1 Å². The third-order valence-corrected chi connectivity index (χ3v) is 6.13. The Bertz CT molecular complexity index is 865. The molecule has 24 heavy (non-hydrogen) atoms. The molecule has 1 fully saturated rings. The van der Waals surface area contributed by atoms with Crippen LogP contribution in [-0.4, -0.2) is 43.8 Å². The Morgan fingerprint density at radius 2 is 1.83 bits per heavy atom. The van der Waals surface area contributed by atoms with E-state index < -0.39 is 27.6 Å². The van der Waals surface area contributed by atoms with Crippen molar-refractivity contribution in [2.45, 2.75) is 12.5 Å². The molecule has 0 N–H and O–H groups in total. The zero-order valence-electron chi connectivity index (χ0n) is 13.3. The van der Waals surface area contributed by atoms with Gasteiger partial charge in [-0.2, -0.15) is 0 Å². The topological polar surface area (TPSA) is 54.5 Å². The lowest BCUT2D eigenvalue weighted by atomic mass is 10.0. The van der Waals surface area contributed by atoms with E-state index in [0.29, 0.717) is 6.42 Å². The molecule has 1 aliphatic rings. The van der Waals surface area contributed by atoms with Crippen LogP contribution in [-0.2, 0) is 9.84 Å². The molecular formula is C18H18FNO3S. The van der Waals surface area contributed by atoms with Crippen molar-refractivity contribution in [3.05, 3.63) is 59.9 Å². The predicted octanol–water partition coefficient (Wildman–Crippen LogP) is 2.75. The van der Waals surface area contributed by atoms with Crippen LogP contribution in [0.3, 0.4) is 0 Å². The summed E-state index contributed by atoms with van der Waals surface area (Å²) in [5, 5.41) is 0. The summed E-state index contributed by atoms with van der Waals surface area (Å²) in [6.07, 6.45) is 0.393. The molecule has 0 spiro atoms. The van der Waals surface area contributed by atoms with Crippen molar-refractivity contribution in [3.8, 4) is 11.1 Å². The zero-order valence-corrected chi connectivity index (χ0v) is 14.1. The van der Waals surface area contributed by atoms with E-state index in [2.05, 4.69) is 0 Å². The molecule has 1 saturated heterocycles. The van der Waals surface area contributed by atoms with E-state index in [4.69, 9.17) is 0 Å². The summed E-state index contributed by atoms with van der Waals surface area (Å²) in [5.74, 6) is -1.09. The SMILES string of the molecule is CN(C(=O)c1cc(-c2ccccc2)ccc1F)C1CCS(=O)(=O)C1. The fourth-order valence-corrected chi connectivity index (χ4v) is 4.71. The number of halogens is 1. The maximum absolute atomic E-state index is 14.2. The van der Waals surface area contributed by atoms with E-state index in [9.17, 15) is 17.6 Å². The van der Waals surface area contributed by atoms with Crippen LogP contribution in [0.1, 0.15) is 16.8 Å². The van der Waals surface area contributed by atoms with Crippen LogP contribution in [0.5, 0.6) is 0 Å². The van der Waals surface area contributed by atoms with E-state index in [-0.39, 0.29) is 17.1 Å². The summed E-state index contributed by atoms with van der Waals surface area (Å²) in [6.45, 7) is 0. The Balaban J connectivity index is 1.90. The van der Waals surface area contributed by atoms with Crippen LogP contribution in [0.2, 0.25) is 0 Å². The third-order valence-electron chi connectivity index (χ3n) is 4.38. The first-order valence-corrected chi connectivity index (χ1v) is 9.52. The van der Waals surface area contributed by atoms with Crippen molar-refractivity contribution in [3.63, 3.8) is 0 Å². The Labute approximate surface area is 140 Å². The molecular weight excluding hydrogens is 329 g/mol. The second kappa shape index (κ2) is 6.36. The summed E-state index contributed by atoms with van der Waals surface area (Å²) in [6, 6.07) is 13.4. The highest BCUT2D eigenvalue weighted by molar-refractivity contribution is 7.91. The van der Waals surface area contributed by atoms with Gasteiger partial charge < -0.3 is 4.90 Å². The Morgan fingerprint density at radius 1 is 1.12 bits per heavy atom. The van der Waals surface area contributed by atoms with Crippen LogP contribution >= 0.6 is 0 Å². The second-order valence-corrected chi connectivity index (χ2v) is 8.26. The number of carbonyl (C=O) groups excluding carboxylic acids is 1. The monoisotopic (exact) mass is 347 g/mol. The molecule has 1 amide bonds. The van der Waals surface area contributed by atoms with Crippen LogP contribution in [0.4, 0.5) is 4.39 Å². The van der Waals surface area contributed by atoms with Gasteiger partial charge in [0.15, 0.2) is 9.84 Å². The summed E-state index contributed by atoms with van der Waals surface area (Å²) in [5.41, 5.74) is 1.59. The largest absolute Gasteiger partial charge is 0.338 e. The molecule has 1 heterocycles. The van der Waals surface area contributed by atoms with Crippen LogP contribution < -0.4 is 0 Å². The molecule has 0 aromatic heterocycles. The number of carbonyl (C=O) groups is 1. The summed E-state index contributed by atoms with van der Waals surface area (Å²) >= 11 is 0.